The van der Waals surface area contributed by atoms with Crippen LogP contribution in [0.2, 0.25) is 0 Å². The quantitative estimate of drug-likeness (QED) is 0.485. The smallest absolute Gasteiger partial charge is 0.313 e. The summed E-state index contributed by atoms with van der Waals surface area (Å²) >= 11 is 0. The summed E-state index contributed by atoms with van der Waals surface area (Å²) < 4.78 is 22.6. The van der Waals surface area contributed by atoms with Crippen LogP contribution in [0.1, 0.15) is 38.5 Å². The molecule has 0 amide bonds. The molecule has 6 saturated carbocycles. The van der Waals surface area contributed by atoms with Gasteiger partial charge >= 0.3 is 23.9 Å². The molecular formula is C22H24O8. The predicted octanol–water partition coefficient (Wildman–Crippen LogP) is 1.00. The topological polar surface area (TPSA) is 105 Å². The lowest BCUT2D eigenvalue weighted by atomic mass is 9.44. The second kappa shape index (κ2) is 4.70. The lowest BCUT2D eigenvalue weighted by Gasteiger charge is -2.58. The van der Waals surface area contributed by atoms with Crippen molar-refractivity contribution in [2.24, 2.45) is 46.3 Å². The van der Waals surface area contributed by atoms with E-state index in [1.807, 2.05) is 0 Å². The fourth-order valence-electron chi connectivity index (χ4n) is 10.6. The molecule has 0 unspecified atom stereocenters. The van der Waals surface area contributed by atoms with Crippen molar-refractivity contribution < 1.29 is 38.1 Å². The molecule has 8 fully saturated rings. The molecule has 2 aliphatic heterocycles. The Bertz CT molecular complexity index is 883. The van der Waals surface area contributed by atoms with E-state index < -0.39 is 22.0 Å². The summed E-state index contributed by atoms with van der Waals surface area (Å²) in [5.74, 6) is -1.76. The van der Waals surface area contributed by atoms with Gasteiger partial charge in [0, 0.05) is 24.7 Å². The first-order valence-electron chi connectivity index (χ1n) is 10.9. The molecule has 2 heterocycles. The van der Waals surface area contributed by atoms with Gasteiger partial charge in [-0.15, -0.1) is 0 Å². The van der Waals surface area contributed by atoms with Crippen molar-refractivity contribution in [2.45, 2.75) is 49.7 Å². The maximum Gasteiger partial charge on any atom is 0.313 e. The second-order valence-electron chi connectivity index (χ2n) is 10.5. The average Bonchev–Trinajstić information content (AvgIpc) is 3.55. The zero-order valence-corrected chi connectivity index (χ0v) is 17.0. The zero-order valence-electron chi connectivity index (χ0n) is 17.0. The SMILES string of the molecule is COC(=O)[C@]12[C@@H]3C[C@@]4(CCC(=O)O4)[C@@H]4[C@@H]3[C@@H]3[C@@H]1[C@@]1(CCC(=O)O1)C[C@@H]3[C@]42C(=O)OC. The maximum atomic E-state index is 13.6. The highest BCUT2D eigenvalue weighted by Crippen LogP contribution is 2.96. The van der Waals surface area contributed by atoms with Crippen LogP contribution in [-0.4, -0.2) is 49.3 Å². The molecule has 0 aromatic carbocycles. The highest BCUT2D eigenvalue weighted by molar-refractivity contribution is 5.95. The molecule has 6 aliphatic carbocycles. The van der Waals surface area contributed by atoms with Crippen LogP contribution in [0.15, 0.2) is 0 Å². The lowest BCUT2D eigenvalue weighted by molar-refractivity contribution is -0.231. The minimum atomic E-state index is -1.07. The van der Waals surface area contributed by atoms with Crippen molar-refractivity contribution in [3.63, 3.8) is 0 Å². The van der Waals surface area contributed by atoms with Gasteiger partial charge in [-0.3, -0.25) is 19.2 Å². The number of ether oxygens (including phenoxy) is 4. The van der Waals surface area contributed by atoms with Crippen LogP contribution in [0.25, 0.3) is 0 Å². The number of esters is 4. The molecule has 10 atom stereocenters. The summed E-state index contributed by atoms with van der Waals surface area (Å²) in [7, 11) is 2.73. The van der Waals surface area contributed by atoms with Crippen LogP contribution in [-0.2, 0) is 38.1 Å². The summed E-state index contributed by atoms with van der Waals surface area (Å²) in [5.41, 5.74) is -3.51. The molecular weight excluding hydrogens is 392 g/mol. The third-order valence-electron chi connectivity index (χ3n) is 10.4. The number of hydrogen-bond donors (Lipinski definition) is 0. The molecule has 8 heteroatoms. The molecule has 0 aromatic heterocycles. The standard InChI is InChI=1S/C22H24O8/c1-27-17(25)21-9-7-20(6-4-12(24)30-20)16-13(9)14-10(22(16,21)18(26)28-2)8-19(15(14)21)5-3-11(23)29-19/h9-10,13-16H,3-8H2,1-2H3/t9-,10+,13+,14-,15-,16+,19-,20+,21+,22-. The molecule has 8 aliphatic rings. The molecule has 0 N–H and O–H groups in total. The van der Waals surface area contributed by atoms with Gasteiger partial charge in [-0.05, 0) is 49.4 Å². The zero-order chi connectivity index (χ0) is 20.8. The van der Waals surface area contributed by atoms with E-state index in [1.54, 1.807) is 0 Å². The highest BCUT2D eigenvalue weighted by Gasteiger charge is 3.02. The largest absolute Gasteiger partial charge is 0.469 e. The number of rotatable bonds is 2. The van der Waals surface area contributed by atoms with E-state index in [-0.39, 0.29) is 59.4 Å². The fraction of sp³-hybridized carbons (Fsp3) is 0.818. The maximum absolute atomic E-state index is 13.6. The van der Waals surface area contributed by atoms with Crippen molar-refractivity contribution in [3.05, 3.63) is 0 Å². The summed E-state index contributed by atoms with van der Waals surface area (Å²) in [4.78, 5) is 51.6. The third kappa shape index (κ3) is 1.30. The summed E-state index contributed by atoms with van der Waals surface area (Å²) in [6.07, 6.45) is 3.02. The van der Waals surface area contributed by atoms with Gasteiger partial charge in [0.15, 0.2) is 0 Å². The van der Waals surface area contributed by atoms with Gasteiger partial charge in [0.1, 0.15) is 11.2 Å². The molecule has 8 nitrogen and oxygen atoms in total. The van der Waals surface area contributed by atoms with Crippen LogP contribution in [0, 0.1) is 46.3 Å². The minimum absolute atomic E-state index is 0.0859. The predicted molar refractivity (Wildman–Crippen MR) is 95.2 cm³/mol. The van der Waals surface area contributed by atoms with Crippen LogP contribution >= 0.6 is 0 Å². The molecule has 8 rings (SSSR count). The van der Waals surface area contributed by atoms with Crippen molar-refractivity contribution >= 4 is 23.9 Å². The first-order chi connectivity index (χ1) is 14.3. The second-order valence-corrected chi connectivity index (χ2v) is 10.5. The highest BCUT2D eigenvalue weighted by atomic mass is 16.6. The van der Waals surface area contributed by atoms with E-state index in [0.717, 1.165) is 0 Å². The van der Waals surface area contributed by atoms with Gasteiger partial charge in [-0.25, -0.2) is 0 Å². The van der Waals surface area contributed by atoms with Crippen molar-refractivity contribution in [3.8, 4) is 0 Å². The first-order valence-corrected chi connectivity index (χ1v) is 10.9. The molecule has 0 aromatic rings. The summed E-state index contributed by atoms with van der Waals surface area (Å²) in [6.45, 7) is 0. The molecule has 2 spiro atoms. The van der Waals surface area contributed by atoms with E-state index in [0.29, 0.717) is 38.5 Å². The van der Waals surface area contributed by atoms with E-state index >= 15 is 0 Å². The van der Waals surface area contributed by atoms with Gasteiger partial charge in [0.25, 0.3) is 0 Å². The van der Waals surface area contributed by atoms with Gasteiger partial charge < -0.3 is 18.9 Å². The Morgan fingerprint density at radius 1 is 0.800 bits per heavy atom. The Labute approximate surface area is 172 Å². The van der Waals surface area contributed by atoms with E-state index in [1.165, 1.54) is 14.2 Å². The summed E-state index contributed by atoms with van der Waals surface area (Å²) in [6, 6.07) is 0. The third-order valence-corrected chi connectivity index (χ3v) is 10.4. The Morgan fingerprint density at radius 2 is 1.20 bits per heavy atom. The fourth-order valence-corrected chi connectivity index (χ4v) is 10.6. The molecule has 2 saturated heterocycles. The Morgan fingerprint density at radius 3 is 1.50 bits per heavy atom. The number of methoxy groups -OCH3 is 2. The van der Waals surface area contributed by atoms with Crippen LogP contribution < -0.4 is 0 Å². The van der Waals surface area contributed by atoms with Gasteiger partial charge in [-0.2, -0.15) is 0 Å². The van der Waals surface area contributed by atoms with Crippen LogP contribution in [0.4, 0.5) is 0 Å². The first kappa shape index (κ1) is 17.5. The Balaban J connectivity index is 1.48. The van der Waals surface area contributed by atoms with Gasteiger partial charge in [-0.1, -0.05) is 0 Å². The molecule has 8 bridgehead atoms. The Kier molecular flexibility index (Phi) is 2.75. The number of hydrogen-bond acceptors (Lipinski definition) is 8. The van der Waals surface area contributed by atoms with Crippen molar-refractivity contribution in [1.29, 1.82) is 0 Å². The molecule has 0 radical (unpaired) electrons. The van der Waals surface area contributed by atoms with Gasteiger partial charge in [0.05, 0.1) is 25.0 Å². The van der Waals surface area contributed by atoms with Crippen LogP contribution in [0.5, 0.6) is 0 Å². The van der Waals surface area contributed by atoms with Gasteiger partial charge in [0.2, 0.25) is 0 Å². The van der Waals surface area contributed by atoms with E-state index in [9.17, 15) is 19.2 Å². The molecule has 160 valence electrons. The monoisotopic (exact) mass is 416 g/mol. The average molecular weight is 416 g/mol. The van der Waals surface area contributed by atoms with Crippen LogP contribution in [0.3, 0.4) is 0 Å². The number of carbonyl (C=O) groups excluding carboxylic acids is 4. The van der Waals surface area contributed by atoms with Crippen molar-refractivity contribution in [2.75, 3.05) is 14.2 Å². The Hall–Kier alpha value is -2.12. The molecule has 30 heavy (non-hydrogen) atoms. The normalized spacial score (nSPS) is 57.7. The minimum Gasteiger partial charge on any atom is -0.469 e. The lowest BCUT2D eigenvalue weighted by Crippen LogP contribution is -2.69. The number of carbonyl (C=O) groups is 4. The van der Waals surface area contributed by atoms with E-state index in [4.69, 9.17) is 18.9 Å². The van der Waals surface area contributed by atoms with E-state index in [2.05, 4.69) is 0 Å². The van der Waals surface area contributed by atoms with Crippen molar-refractivity contribution in [1.82, 2.24) is 0 Å². The summed E-state index contributed by atoms with van der Waals surface area (Å²) in [5, 5.41) is 0.